The van der Waals surface area contributed by atoms with Crippen LogP contribution in [-0.2, 0) is 0 Å². The number of aromatic nitrogens is 2. The van der Waals surface area contributed by atoms with Crippen LogP contribution in [0.5, 0.6) is 0 Å². The molecule has 0 fully saturated rings. The lowest BCUT2D eigenvalue weighted by molar-refractivity contribution is 0.407. The fourth-order valence-corrected chi connectivity index (χ4v) is 2.76. The molecule has 0 radical (unpaired) electrons. The molecule has 1 unspecified atom stereocenters. The van der Waals surface area contributed by atoms with Crippen molar-refractivity contribution in [3.8, 4) is 0 Å². The van der Waals surface area contributed by atoms with Gasteiger partial charge in [0.2, 0.25) is 0 Å². The van der Waals surface area contributed by atoms with Crippen molar-refractivity contribution in [3.63, 3.8) is 0 Å². The first kappa shape index (κ1) is 15.2. The van der Waals surface area contributed by atoms with Crippen LogP contribution in [0.15, 0.2) is 29.0 Å². The molecule has 3 N–H and O–H groups in total. The summed E-state index contributed by atoms with van der Waals surface area (Å²) in [6, 6.07) is 4.07. The van der Waals surface area contributed by atoms with Crippen molar-refractivity contribution in [1.29, 1.82) is 0 Å². The highest BCUT2D eigenvalue weighted by Gasteiger charge is 2.14. The molecule has 5 heteroatoms. The van der Waals surface area contributed by atoms with E-state index >= 15 is 0 Å². The van der Waals surface area contributed by atoms with Crippen LogP contribution < -0.4 is 11.1 Å². The fourth-order valence-electron chi connectivity index (χ4n) is 2.44. The van der Waals surface area contributed by atoms with Crippen LogP contribution >= 0.6 is 15.9 Å². The lowest BCUT2D eigenvalue weighted by atomic mass is 9.95. The highest BCUT2D eigenvalue weighted by Crippen LogP contribution is 2.22. The summed E-state index contributed by atoms with van der Waals surface area (Å²) in [7, 11) is 0. The highest BCUT2D eigenvalue weighted by molar-refractivity contribution is 9.10. The molecule has 0 amide bonds. The van der Waals surface area contributed by atoms with Crippen LogP contribution in [0.1, 0.15) is 26.7 Å². The fraction of sp³-hybridized carbons (Fsp3) is 0.467. The van der Waals surface area contributed by atoms with Crippen molar-refractivity contribution in [2.75, 3.05) is 11.9 Å². The molecule has 4 nitrogen and oxygen atoms in total. The molecule has 2 aromatic heterocycles. The highest BCUT2D eigenvalue weighted by atomic mass is 79.9. The average Bonchev–Trinajstić information content (AvgIpc) is 2.45. The minimum Gasteiger partial charge on any atom is -0.382 e. The molecule has 2 rings (SSSR count). The van der Waals surface area contributed by atoms with E-state index in [4.69, 9.17) is 5.73 Å². The molecule has 0 spiro atoms. The van der Waals surface area contributed by atoms with Crippen LogP contribution in [0.2, 0.25) is 0 Å². The second-order valence-electron chi connectivity index (χ2n) is 5.00. The molecule has 20 heavy (non-hydrogen) atoms. The summed E-state index contributed by atoms with van der Waals surface area (Å²) < 4.78 is 0.934. The summed E-state index contributed by atoms with van der Waals surface area (Å²) in [6.07, 6.45) is 5.81. The Hall–Kier alpha value is -1.20. The molecular weight excluding hydrogens is 316 g/mol. The van der Waals surface area contributed by atoms with Crippen molar-refractivity contribution in [2.45, 2.75) is 32.7 Å². The molecule has 0 saturated carbocycles. The zero-order valence-electron chi connectivity index (χ0n) is 11.9. The number of hydrogen-bond donors (Lipinski definition) is 2. The van der Waals surface area contributed by atoms with E-state index in [1.807, 2.05) is 12.1 Å². The monoisotopic (exact) mass is 336 g/mol. The molecule has 0 aliphatic heterocycles. The number of nitrogens with two attached hydrogens (primary N) is 1. The third-order valence-corrected chi connectivity index (χ3v) is 4.16. The summed E-state index contributed by atoms with van der Waals surface area (Å²) in [4.78, 5) is 8.76. The zero-order valence-corrected chi connectivity index (χ0v) is 13.5. The normalized spacial score (nSPS) is 12.8. The maximum atomic E-state index is 6.25. The van der Waals surface area contributed by atoms with Gasteiger partial charge in [0.25, 0.3) is 0 Å². The number of pyridine rings is 2. The third-order valence-electron chi connectivity index (χ3n) is 3.73. The third kappa shape index (κ3) is 3.46. The van der Waals surface area contributed by atoms with E-state index in [1.54, 1.807) is 12.4 Å². The number of anilines is 1. The minimum absolute atomic E-state index is 0.156. The summed E-state index contributed by atoms with van der Waals surface area (Å²) in [5.74, 6) is 0.553. The zero-order chi connectivity index (χ0) is 14.5. The van der Waals surface area contributed by atoms with Gasteiger partial charge in [-0.2, -0.15) is 0 Å². The summed E-state index contributed by atoms with van der Waals surface area (Å²) in [5, 5.41) is 3.41. The molecule has 108 valence electrons. The molecule has 1 atom stereocenters. The standard InChI is InChI=1S/C15H21BrN4/c1-3-10(4-2)12(17)9-19-13-5-6-18-14-7-11(16)8-20-15(13)14/h5-8,10,12H,3-4,9,17H2,1-2H3,(H,18,19). The Morgan fingerprint density at radius 2 is 2.05 bits per heavy atom. The number of nitrogens with zero attached hydrogens (tertiary/aromatic N) is 2. The number of hydrogen-bond acceptors (Lipinski definition) is 4. The molecule has 0 saturated heterocycles. The average molecular weight is 337 g/mol. The van der Waals surface area contributed by atoms with Gasteiger partial charge in [-0.3, -0.25) is 9.97 Å². The Labute approximate surface area is 128 Å². The molecule has 2 heterocycles. The maximum Gasteiger partial charge on any atom is 0.112 e. The van der Waals surface area contributed by atoms with Crippen LogP contribution in [0, 0.1) is 5.92 Å². The molecule has 0 aromatic carbocycles. The van der Waals surface area contributed by atoms with E-state index in [9.17, 15) is 0 Å². The van der Waals surface area contributed by atoms with Crippen LogP contribution in [0.3, 0.4) is 0 Å². The lowest BCUT2D eigenvalue weighted by Gasteiger charge is -2.22. The number of nitrogens with one attached hydrogen (secondary N) is 1. The number of rotatable bonds is 6. The van der Waals surface area contributed by atoms with Gasteiger partial charge in [-0.1, -0.05) is 26.7 Å². The Morgan fingerprint density at radius 1 is 1.30 bits per heavy atom. The Kier molecular flexibility index (Phi) is 5.31. The van der Waals surface area contributed by atoms with E-state index in [1.165, 1.54) is 0 Å². The van der Waals surface area contributed by atoms with E-state index in [-0.39, 0.29) is 6.04 Å². The SMILES string of the molecule is CCC(CC)C(N)CNc1ccnc2cc(Br)cnc12. The second-order valence-corrected chi connectivity index (χ2v) is 5.92. The van der Waals surface area contributed by atoms with Gasteiger partial charge >= 0.3 is 0 Å². The van der Waals surface area contributed by atoms with E-state index in [0.29, 0.717) is 5.92 Å². The summed E-state index contributed by atoms with van der Waals surface area (Å²) in [6.45, 7) is 5.13. The largest absolute Gasteiger partial charge is 0.382 e. The van der Waals surface area contributed by atoms with Crippen molar-refractivity contribution >= 4 is 32.7 Å². The lowest BCUT2D eigenvalue weighted by Crippen LogP contribution is -2.36. The van der Waals surface area contributed by atoms with Crippen molar-refractivity contribution < 1.29 is 0 Å². The Morgan fingerprint density at radius 3 is 2.75 bits per heavy atom. The topological polar surface area (TPSA) is 63.8 Å². The van der Waals surface area contributed by atoms with Crippen molar-refractivity contribution in [2.24, 2.45) is 11.7 Å². The van der Waals surface area contributed by atoms with Gasteiger partial charge in [0.05, 0.1) is 11.2 Å². The first-order valence-corrected chi connectivity index (χ1v) is 7.84. The smallest absolute Gasteiger partial charge is 0.112 e. The molecule has 0 aliphatic carbocycles. The maximum absolute atomic E-state index is 6.25. The van der Waals surface area contributed by atoms with Gasteiger partial charge < -0.3 is 11.1 Å². The van der Waals surface area contributed by atoms with Crippen molar-refractivity contribution in [1.82, 2.24) is 9.97 Å². The van der Waals surface area contributed by atoms with E-state index < -0.39 is 0 Å². The minimum atomic E-state index is 0.156. The van der Waals surface area contributed by atoms with Gasteiger partial charge in [-0.25, -0.2) is 0 Å². The molecule has 0 aliphatic rings. The van der Waals surface area contributed by atoms with Gasteiger partial charge in [0.1, 0.15) is 5.52 Å². The second kappa shape index (κ2) is 6.99. The van der Waals surface area contributed by atoms with Gasteiger partial charge in [-0.15, -0.1) is 0 Å². The van der Waals surface area contributed by atoms with Gasteiger partial charge in [0.15, 0.2) is 0 Å². The quantitative estimate of drug-likeness (QED) is 0.846. The Bertz CT molecular complexity index is 569. The Balaban J connectivity index is 2.14. The number of fused-ring (bicyclic) bond motifs is 1. The van der Waals surface area contributed by atoms with Crippen molar-refractivity contribution in [3.05, 3.63) is 29.0 Å². The van der Waals surface area contributed by atoms with E-state index in [2.05, 4.69) is 45.1 Å². The van der Waals surface area contributed by atoms with Crippen LogP contribution in [0.25, 0.3) is 11.0 Å². The summed E-state index contributed by atoms with van der Waals surface area (Å²) in [5.41, 5.74) is 9.00. The molecule has 0 bridgehead atoms. The van der Waals surface area contributed by atoms with Gasteiger partial charge in [0, 0.05) is 29.5 Å². The van der Waals surface area contributed by atoms with Crippen LogP contribution in [0.4, 0.5) is 5.69 Å². The first-order valence-electron chi connectivity index (χ1n) is 7.05. The van der Waals surface area contributed by atoms with Crippen LogP contribution in [-0.4, -0.2) is 22.6 Å². The first-order chi connectivity index (χ1) is 9.65. The van der Waals surface area contributed by atoms with E-state index in [0.717, 1.165) is 40.6 Å². The molecular formula is C15H21BrN4. The van der Waals surface area contributed by atoms with Gasteiger partial charge in [-0.05, 0) is 34.0 Å². The molecule has 2 aromatic rings. The summed E-state index contributed by atoms with van der Waals surface area (Å²) >= 11 is 3.41. The number of halogens is 1. The predicted octanol–water partition coefficient (Wildman–Crippen LogP) is 3.57. The predicted molar refractivity (Wildman–Crippen MR) is 87.8 cm³/mol.